The molecule has 0 aromatic carbocycles. The molecule has 0 saturated carbocycles. The summed E-state index contributed by atoms with van der Waals surface area (Å²) < 4.78 is 68.6. The fraction of sp³-hybridized carbons (Fsp3) is 0.949. The van der Waals surface area contributed by atoms with E-state index < -0.39 is 97.5 Å². The Balaban J connectivity index is 5.21. The van der Waals surface area contributed by atoms with Crippen LogP contribution in [0.4, 0.5) is 0 Å². The highest BCUT2D eigenvalue weighted by molar-refractivity contribution is 7.47. The van der Waals surface area contributed by atoms with Gasteiger partial charge in [0.15, 0.2) is 12.2 Å². The molecule has 3 unspecified atom stereocenters. The second-order valence-electron chi connectivity index (χ2n) is 28.8. The number of carbonyl (C=O) groups excluding carboxylic acids is 4. The summed E-state index contributed by atoms with van der Waals surface area (Å²) in [6.07, 6.45) is 58.4. The molecule has 0 aliphatic rings. The van der Waals surface area contributed by atoms with Crippen LogP contribution in [0, 0.1) is 11.8 Å². The van der Waals surface area contributed by atoms with E-state index in [1.807, 2.05) is 0 Å². The Morgan fingerprint density at radius 2 is 0.526 bits per heavy atom. The van der Waals surface area contributed by atoms with Gasteiger partial charge in [0, 0.05) is 25.7 Å². The summed E-state index contributed by atoms with van der Waals surface area (Å²) in [6.45, 7) is 9.56. The van der Waals surface area contributed by atoms with E-state index in [0.717, 1.165) is 108 Å². The summed E-state index contributed by atoms with van der Waals surface area (Å²) >= 11 is 0. The molecule has 0 aliphatic heterocycles. The Labute approximate surface area is 594 Å². The van der Waals surface area contributed by atoms with E-state index in [1.54, 1.807) is 0 Å². The number of aliphatic hydroxyl groups excluding tert-OH is 1. The average Bonchev–Trinajstić information content (AvgIpc) is 1.19. The molecule has 0 aliphatic carbocycles. The molecule has 17 nitrogen and oxygen atoms in total. The van der Waals surface area contributed by atoms with Crippen LogP contribution < -0.4 is 0 Å². The molecule has 0 bridgehead atoms. The van der Waals surface area contributed by atoms with Gasteiger partial charge in [-0.1, -0.05) is 356 Å². The quantitative estimate of drug-likeness (QED) is 0.0222. The summed E-state index contributed by atoms with van der Waals surface area (Å²) in [5.41, 5.74) is 0. The maximum Gasteiger partial charge on any atom is 0.472 e. The molecule has 0 heterocycles. The van der Waals surface area contributed by atoms with Crippen molar-refractivity contribution < 1.29 is 80.2 Å². The van der Waals surface area contributed by atoms with Crippen LogP contribution in [0.2, 0.25) is 0 Å². The summed E-state index contributed by atoms with van der Waals surface area (Å²) in [7, 11) is -9.91. The number of rotatable bonds is 77. The minimum atomic E-state index is -4.96. The topological polar surface area (TPSA) is 237 Å². The third-order valence-electron chi connectivity index (χ3n) is 18.6. The van der Waals surface area contributed by atoms with Crippen molar-refractivity contribution >= 4 is 39.5 Å². The van der Waals surface area contributed by atoms with E-state index in [0.29, 0.717) is 25.7 Å². The van der Waals surface area contributed by atoms with Gasteiger partial charge >= 0.3 is 39.5 Å². The van der Waals surface area contributed by atoms with Gasteiger partial charge in [-0.2, -0.15) is 0 Å². The van der Waals surface area contributed by atoms with Crippen molar-refractivity contribution in [2.45, 2.75) is 426 Å². The standard InChI is InChI=1S/C78H152O17P2/c1-7-10-12-14-16-18-20-22-23-24-25-26-27-28-29-31-33-39-43-51-57-63-77(82)94-73(66-88-75(80)60-54-48-41-37-35-34-36-40-46-52-58-70(4)5)68-92-96(84,85)90-64-72(79)65-91-97(86,87)93-69-74(67-89-76(81)61-55-49-45-44-47-53-59-71(6)9-3)95-78(83)62-56-50-42-38-32-30-21-19-17-15-13-11-8-2/h70-74,79H,7-69H2,1-6H3,(H,84,85)(H,86,87)/t71?,72-,73-,74-/m1/s1. The minimum absolute atomic E-state index is 0.107. The van der Waals surface area contributed by atoms with Gasteiger partial charge in [0.05, 0.1) is 26.4 Å². The maximum atomic E-state index is 13.1. The molecule has 0 aromatic heterocycles. The first kappa shape index (κ1) is 95.1. The first-order valence-electron chi connectivity index (χ1n) is 40.5. The zero-order valence-electron chi connectivity index (χ0n) is 63.4. The minimum Gasteiger partial charge on any atom is -0.462 e. The van der Waals surface area contributed by atoms with Gasteiger partial charge in [0.1, 0.15) is 19.3 Å². The van der Waals surface area contributed by atoms with Gasteiger partial charge in [-0.25, -0.2) is 9.13 Å². The molecule has 0 saturated heterocycles. The zero-order chi connectivity index (χ0) is 71.4. The average molecular weight is 1420 g/mol. The van der Waals surface area contributed by atoms with Crippen LogP contribution in [0.25, 0.3) is 0 Å². The molecule has 576 valence electrons. The van der Waals surface area contributed by atoms with E-state index in [9.17, 15) is 43.2 Å². The van der Waals surface area contributed by atoms with Crippen LogP contribution in [0.5, 0.6) is 0 Å². The van der Waals surface area contributed by atoms with Crippen molar-refractivity contribution in [1.29, 1.82) is 0 Å². The van der Waals surface area contributed by atoms with Gasteiger partial charge < -0.3 is 33.8 Å². The van der Waals surface area contributed by atoms with Crippen LogP contribution in [-0.2, 0) is 65.4 Å². The zero-order valence-corrected chi connectivity index (χ0v) is 65.2. The summed E-state index contributed by atoms with van der Waals surface area (Å²) in [6, 6.07) is 0. The molecule has 0 radical (unpaired) electrons. The van der Waals surface area contributed by atoms with Gasteiger partial charge in [-0.05, 0) is 37.5 Å². The van der Waals surface area contributed by atoms with Crippen molar-refractivity contribution in [3.63, 3.8) is 0 Å². The number of phosphoric acid groups is 2. The number of ether oxygens (including phenoxy) is 4. The predicted molar refractivity (Wildman–Crippen MR) is 395 cm³/mol. The Morgan fingerprint density at radius 1 is 0.299 bits per heavy atom. The molecule has 0 aromatic rings. The summed E-state index contributed by atoms with van der Waals surface area (Å²) in [4.78, 5) is 72.9. The lowest BCUT2D eigenvalue weighted by Gasteiger charge is -2.21. The van der Waals surface area contributed by atoms with Crippen molar-refractivity contribution in [2.75, 3.05) is 39.6 Å². The molecule has 6 atom stereocenters. The first-order chi connectivity index (χ1) is 46.9. The largest absolute Gasteiger partial charge is 0.472 e. The number of aliphatic hydroxyl groups is 1. The second kappa shape index (κ2) is 69.8. The molecule has 97 heavy (non-hydrogen) atoms. The van der Waals surface area contributed by atoms with E-state index >= 15 is 0 Å². The molecule has 19 heteroatoms. The van der Waals surface area contributed by atoms with E-state index in [-0.39, 0.29) is 25.7 Å². The lowest BCUT2D eigenvalue weighted by atomic mass is 10.00. The maximum absolute atomic E-state index is 13.1. The van der Waals surface area contributed by atoms with E-state index in [2.05, 4.69) is 41.5 Å². The highest BCUT2D eigenvalue weighted by Crippen LogP contribution is 2.45. The van der Waals surface area contributed by atoms with Crippen LogP contribution in [0.15, 0.2) is 0 Å². The summed E-state index contributed by atoms with van der Waals surface area (Å²) in [5, 5.41) is 10.6. The van der Waals surface area contributed by atoms with Crippen molar-refractivity contribution in [1.82, 2.24) is 0 Å². The number of phosphoric ester groups is 2. The monoisotopic (exact) mass is 1420 g/mol. The second-order valence-corrected chi connectivity index (χ2v) is 31.7. The fourth-order valence-corrected chi connectivity index (χ4v) is 13.6. The highest BCUT2D eigenvalue weighted by atomic mass is 31.2. The smallest absolute Gasteiger partial charge is 0.462 e. The molecule has 0 spiro atoms. The predicted octanol–water partition coefficient (Wildman–Crippen LogP) is 23.1. The molecule has 0 amide bonds. The van der Waals surface area contributed by atoms with Crippen molar-refractivity contribution in [3.05, 3.63) is 0 Å². The lowest BCUT2D eigenvalue weighted by molar-refractivity contribution is -0.161. The van der Waals surface area contributed by atoms with E-state index in [4.69, 9.17) is 37.0 Å². The number of hydrogen-bond donors (Lipinski definition) is 3. The third-order valence-corrected chi connectivity index (χ3v) is 20.5. The highest BCUT2D eigenvalue weighted by Gasteiger charge is 2.30. The van der Waals surface area contributed by atoms with Crippen LogP contribution >= 0.6 is 15.6 Å². The lowest BCUT2D eigenvalue weighted by Crippen LogP contribution is -2.30. The Kier molecular flexibility index (Phi) is 68.4. The Hall–Kier alpha value is -1.94. The molecule has 0 rings (SSSR count). The van der Waals surface area contributed by atoms with Crippen molar-refractivity contribution in [3.8, 4) is 0 Å². The molecule has 0 fully saturated rings. The van der Waals surface area contributed by atoms with Gasteiger partial charge in [0.25, 0.3) is 0 Å². The Morgan fingerprint density at radius 3 is 0.784 bits per heavy atom. The van der Waals surface area contributed by atoms with Gasteiger partial charge in [0.2, 0.25) is 0 Å². The Bertz CT molecular complexity index is 1870. The number of unbranched alkanes of at least 4 members (excludes halogenated alkanes) is 46. The number of hydrogen-bond acceptors (Lipinski definition) is 15. The SMILES string of the molecule is CCCCCCCCCCCCCCCCCCCCCCCC(=O)O[C@H](COC(=O)CCCCCCCCCCCCC(C)C)COP(=O)(O)OC[C@@H](O)COP(=O)(O)OC[C@@H](COC(=O)CCCCCCCCC(C)CC)OC(=O)CCCCCCCCCCCCCCC. The first-order valence-corrected chi connectivity index (χ1v) is 43.5. The third kappa shape index (κ3) is 70.9. The normalized spacial score (nSPS) is 14.2. The number of carbonyl (C=O) groups is 4. The van der Waals surface area contributed by atoms with Crippen molar-refractivity contribution in [2.24, 2.45) is 11.8 Å². The van der Waals surface area contributed by atoms with Crippen LogP contribution in [0.1, 0.15) is 408 Å². The van der Waals surface area contributed by atoms with Crippen LogP contribution in [0.3, 0.4) is 0 Å². The number of esters is 4. The fourth-order valence-electron chi connectivity index (χ4n) is 12.0. The van der Waals surface area contributed by atoms with Gasteiger partial charge in [-0.3, -0.25) is 37.3 Å². The van der Waals surface area contributed by atoms with Crippen LogP contribution in [-0.4, -0.2) is 96.7 Å². The van der Waals surface area contributed by atoms with E-state index in [1.165, 1.54) is 218 Å². The summed E-state index contributed by atoms with van der Waals surface area (Å²) in [5.74, 6) is -0.625. The molecular weight excluding hydrogens is 1270 g/mol. The van der Waals surface area contributed by atoms with Gasteiger partial charge in [-0.15, -0.1) is 0 Å². The molecular formula is C78H152O17P2. The molecule has 3 N–H and O–H groups in total.